The predicted octanol–water partition coefficient (Wildman–Crippen LogP) is 32.9. The van der Waals surface area contributed by atoms with E-state index in [1.807, 2.05) is 48.5 Å². The maximum absolute atomic E-state index is 11.9. The zero-order valence-electron chi connectivity index (χ0n) is 81.8. The van der Waals surface area contributed by atoms with Crippen LogP contribution in [-0.4, -0.2) is 79.2 Å². The molecule has 0 aliphatic rings. The van der Waals surface area contributed by atoms with Crippen LogP contribution in [0.2, 0.25) is 0 Å². The summed E-state index contributed by atoms with van der Waals surface area (Å²) < 4.78 is 143. The molecule has 8 aromatic carbocycles. The van der Waals surface area contributed by atoms with Crippen LogP contribution in [0.1, 0.15) is 459 Å². The molecule has 0 saturated heterocycles. The molecule has 17 heteroatoms. The number of rotatable bonds is 68. The van der Waals surface area contributed by atoms with Crippen LogP contribution in [0.4, 0.5) is 0 Å². The first-order valence-electron chi connectivity index (χ1n) is 51.9. The van der Waals surface area contributed by atoms with Crippen LogP contribution >= 0.6 is 0 Å². The van der Waals surface area contributed by atoms with Crippen molar-refractivity contribution in [3.05, 3.63) is 166 Å². The molecule has 0 atom stereocenters. The third kappa shape index (κ3) is 47.6. The third-order valence-corrected chi connectivity index (χ3v) is 29.8. The molecule has 724 valence electrons. The minimum Gasteiger partial charge on any atom is -0.744 e. The van der Waals surface area contributed by atoms with E-state index in [9.17, 15) is 51.9 Å². The molecule has 4 radical (unpaired) electrons. The Morgan fingerprint density at radius 2 is 0.302 bits per heavy atom. The monoisotopic (exact) mass is 2050 g/mol. The van der Waals surface area contributed by atoms with Gasteiger partial charge in [-0.15, -0.1) is 0 Å². The van der Waals surface area contributed by atoms with Gasteiger partial charge in [0.25, 0.3) is 0 Å². The van der Waals surface area contributed by atoms with E-state index in [1.165, 1.54) is 355 Å². The first-order valence-corrected chi connectivity index (χ1v) is 57.5. The van der Waals surface area contributed by atoms with E-state index in [2.05, 4.69) is 104 Å². The molecule has 0 bridgehead atoms. The summed E-state index contributed by atoms with van der Waals surface area (Å²) in [4.78, 5) is -0.127. The summed E-state index contributed by atoms with van der Waals surface area (Å²) in [5.74, 6) is 0. The molecule has 0 saturated carbocycles. The fourth-order valence-electron chi connectivity index (χ4n) is 18.5. The molecule has 0 N–H and O–H groups in total. The fourth-order valence-corrected chi connectivity index (χ4v) is 21.5. The molecule has 0 aliphatic heterocycles. The summed E-state index contributed by atoms with van der Waals surface area (Å²) in [6.45, 7) is 17.8. The second-order valence-electron chi connectivity index (χ2n) is 37.2. The van der Waals surface area contributed by atoms with Gasteiger partial charge in [0.2, 0.25) is 0 Å². The number of unbranched alkanes of at least 4 members (excludes halogenated alkanes) is 48. The van der Waals surface area contributed by atoms with Crippen molar-refractivity contribution in [2.75, 3.05) is 0 Å². The van der Waals surface area contributed by atoms with Crippen molar-refractivity contribution in [1.29, 1.82) is 0 Å². The third-order valence-electron chi connectivity index (χ3n) is 26.1. The Labute approximate surface area is 807 Å². The van der Waals surface area contributed by atoms with Crippen LogP contribution in [0, 0.1) is 0 Å². The van der Waals surface area contributed by atoms with E-state index in [1.54, 1.807) is 0 Å². The summed E-state index contributed by atoms with van der Waals surface area (Å²) in [5.41, 5.74) is 8.05. The molecule has 0 heterocycles. The first kappa shape index (κ1) is 117. The van der Waals surface area contributed by atoms with E-state index in [4.69, 9.17) is 0 Å². The molecule has 0 aromatic heterocycles. The summed E-state index contributed by atoms with van der Waals surface area (Å²) in [7, 11) is -17.9. The molecule has 8 aromatic rings. The van der Waals surface area contributed by atoms with Crippen molar-refractivity contribution in [3.63, 3.8) is 0 Å². The molecule has 0 amide bonds. The first-order chi connectivity index (χ1) is 61.9. The number of benzene rings is 8. The molecular formula is C112H172O12PbS4-4. The van der Waals surface area contributed by atoms with E-state index in [0.29, 0.717) is 47.9 Å². The van der Waals surface area contributed by atoms with Gasteiger partial charge in [0.15, 0.2) is 0 Å². The maximum Gasteiger partial charge on any atom is 0.124 e. The van der Waals surface area contributed by atoms with Gasteiger partial charge >= 0.3 is 0 Å². The van der Waals surface area contributed by atoms with E-state index < -0.39 is 40.5 Å². The van der Waals surface area contributed by atoms with Gasteiger partial charge < -0.3 is 18.2 Å². The number of aryl methyl sites for hydroxylation is 8. The number of hydrogen-bond acceptors (Lipinski definition) is 12. The summed E-state index contributed by atoms with van der Waals surface area (Å²) in [5, 5.41) is 7.91. The van der Waals surface area contributed by atoms with Gasteiger partial charge in [-0.05, 0) is 215 Å². The van der Waals surface area contributed by atoms with Crippen LogP contribution < -0.4 is 0 Å². The maximum atomic E-state index is 11.9. The quantitative estimate of drug-likeness (QED) is 0.0197. The summed E-state index contributed by atoms with van der Waals surface area (Å²) in [6, 6.07) is 38.7. The van der Waals surface area contributed by atoms with E-state index in [-0.39, 0.29) is 46.9 Å². The van der Waals surface area contributed by atoms with Crippen molar-refractivity contribution in [1.82, 2.24) is 0 Å². The van der Waals surface area contributed by atoms with Crippen molar-refractivity contribution >= 4 is 111 Å². The summed E-state index contributed by atoms with van der Waals surface area (Å²) >= 11 is 0. The van der Waals surface area contributed by atoms with E-state index in [0.717, 1.165) is 120 Å². The second-order valence-corrected chi connectivity index (χ2v) is 42.6. The average Bonchev–Trinajstić information content (AvgIpc) is 0.797. The van der Waals surface area contributed by atoms with E-state index >= 15 is 0 Å². The second kappa shape index (κ2) is 69.2. The topological polar surface area (TPSA) is 229 Å². The van der Waals surface area contributed by atoms with Gasteiger partial charge in [-0.2, -0.15) is 0 Å². The van der Waals surface area contributed by atoms with Crippen LogP contribution in [0.5, 0.6) is 0 Å². The molecule has 0 aliphatic carbocycles. The number of fused-ring (bicyclic) bond motifs is 4. The Bertz CT molecular complexity index is 4220. The fraction of sp³-hybridized carbons (Fsp3) is 0.643. The molecule has 12 nitrogen and oxygen atoms in total. The van der Waals surface area contributed by atoms with Crippen molar-refractivity contribution in [3.8, 4) is 0 Å². The minimum atomic E-state index is -4.47. The molecule has 8 rings (SSSR count). The van der Waals surface area contributed by atoms with Gasteiger partial charge in [0, 0.05) is 27.3 Å². The molecule has 0 unspecified atom stereocenters. The van der Waals surface area contributed by atoms with Gasteiger partial charge in [-0.25, -0.2) is 33.7 Å². The van der Waals surface area contributed by atoms with Crippen LogP contribution in [0.15, 0.2) is 141 Å². The van der Waals surface area contributed by atoms with Crippen molar-refractivity contribution < 1.29 is 51.9 Å². The predicted molar refractivity (Wildman–Crippen MR) is 547 cm³/mol. The van der Waals surface area contributed by atoms with Gasteiger partial charge in [0.05, 0.1) is 19.6 Å². The standard InChI is InChI=1S/4C28H44O3S.Pb/c4*1-3-5-7-9-11-13-15-17-24-19-21-26-25(23-24)20-22-28(32(29,30)31)27(26)18-16-14-12-10-8-6-4-2;/h4*19-23H,3-18H2,1-2H3,(H,29,30,31);/p-4. The zero-order chi connectivity index (χ0) is 92.9. The van der Waals surface area contributed by atoms with Gasteiger partial charge in [-0.3, -0.25) is 0 Å². The van der Waals surface area contributed by atoms with Crippen LogP contribution in [0.3, 0.4) is 0 Å². The Balaban J connectivity index is 0.000000359. The average molecular weight is 2050 g/mol. The minimum absolute atomic E-state index is 0. The molecular weight excluding hydrogens is 1870 g/mol. The Morgan fingerprint density at radius 1 is 0.171 bits per heavy atom. The Hall–Kier alpha value is -4.64. The summed E-state index contributed by atoms with van der Waals surface area (Å²) in [6.07, 6.45) is 75.9. The SMILES string of the molecule is CCCCCCCCCc1ccc2c(CCCCCCCCC)c(S(=O)(=O)[O-])ccc2c1.CCCCCCCCCc1ccc2c(CCCCCCCCC)c(S(=O)(=O)[O-])ccc2c1.CCCCCCCCCc1ccc2c(CCCCCCCCC)c(S(=O)(=O)[O-])ccc2c1.CCCCCCCCCc1ccc2c(CCCCCCCCC)c(S(=O)(=O)[O-])ccc2c1.[Pb]. The van der Waals surface area contributed by atoms with Crippen molar-refractivity contribution in [2.24, 2.45) is 0 Å². The zero-order valence-corrected chi connectivity index (χ0v) is 89.0. The molecule has 0 fully saturated rings. The Kier molecular flexibility index (Phi) is 62.6. The van der Waals surface area contributed by atoms with Gasteiger partial charge in [0.1, 0.15) is 40.5 Å². The number of hydrogen-bond donors (Lipinski definition) is 0. The molecule has 0 spiro atoms. The normalized spacial score (nSPS) is 11.9. The Morgan fingerprint density at radius 3 is 0.442 bits per heavy atom. The largest absolute Gasteiger partial charge is 0.744 e. The molecule has 129 heavy (non-hydrogen) atoms. The smallest absolute Gasteiger partial charge is 0.124 e. The van der Waals surface area contributed by atoms with Crippen LogP contribution in [0.25, 0.3) is 43.1 Å². The van der Waals surface area contributed by atoms with Gasteiger partial charge in [-0.1, -0.05) is 461 Å². The van der Waals surface area contributed by atoms with Crippen LogP contribution in [-0.2, 0) is 91.8 Å². The van der Waals surface area contributed by atoms with Crippen molar-refractivity contribution in [2.45, 2.75) is 486 Å².